The van der Waals surface area contributed by atoms with Crippen LogP contribution in [0.5, 0.6) is 5.75 Å². The first-order valence-corrected chi connectivity index (χ1v) is 8.58. The third-order valence-corrected chi connectivity index (χ3v) is 4.65. The summed E-state index contributed by atoms with van der Waals surface area (Å²) in [6.45, 7) is 6.24. The van der Waals surface area contributed by atoms with Gasteiger partial charge in [-0.1, -0.05) is 44.5 Å². The molecular weight excluding hydrogens is 356 g/mol. The number of carbonyl (C=O) groups is 1. The quantitative estimate of drug-likeness (QED) is 0.547. The maximum absolute atomic E-state index is 12.0. The van der Waals surface area contributed by atoms with Crippen LogP contribution in [0.25, 0.3) is 0 Å². The monoisotopic (exact) mass is 376 g/mol. The van der Waals surface area contributed by atoms with Crippen LogP contribution in [0.2, 0.25) is 5.02 Å². The van der Waals surface area contributed by atoms with Crippen molar-refractivity contribution in [2.75, 3.05) is 11.9 Å². The van der Waals surface area contributed by atoms with Gasteiger partial charge in [0.1, 0.15) is 5.75 Å². The van der Waals surface area contributed by atoms with Gasteiger partial charge in [-0.3, -0.25) is 14.9 Å². The van der Waals surface area contributed by atoms with E-state index < -0.39 is 10.8 Å². The normalized spacial score (nSPS) is 11.1. The van der Waals surface area contributed by atoms with Gasteiger partial charge in [0.15, 0.2) is 6.61 Å². The summed E-state index contributed by atoms with van der Waals surface area (Å²) in [6.07, 6.45) is 1.01. The van der Waals surface area contributed by atoms with E-state index in [0.717, 1.165) is 6.42 Å². The number of rotatable bonds is 7. The molecule has 0 radical (unpaired) electrons. The smallest absolute Gasteiger partial charge is 0.271 e. The zero-order chi connectivity index (χ0) is 19.3. The molecule has 0 saturated carbocycles. The van der Waals surface area contributed by atoms with Gasteiger partial charge in [-0.2, -0.15) is 0 Å². The highest BCUT2D eigenvalue weighted by Gasteiger charge is 2.18. The van der Waals surface area contributed by atoms with Crippen LogP contribution in [-0.4, -0.2) is 17.4 Å². The molecule has 0 bridgehead atoms. The van der Waals surface area contributed by atoms with Crippen LogP contribution < -0.4 is 10.1 Å². The van der Waals surface area contributed by atoms with Gasteiger partial charge in [0.25, 0.3) is 11.6 Å². The fourth-order valence-corrected chi connectivity index (χ4v) is 2.43. The van der Waals surface area contributed by atoms with Crippen LogP contribution in [0.1, 0.15) is 32.8 Å². The predicted octanol–water partition coefficient (Wildman–Crippen LogP) is 4.95. The summed E-state index contributed by atoms with van der Waals surface area (Å²) in [6, 6.07) is 11.4. The minimum absolute atomic E-state index is 0.0781. The highest BCUT2D eigenvalue weighted by Crippen LogP contribution is 2.28. The Morgan fingerprint density at radius 1 is 1.23 bits per heavy atom. The zero-order valence-electron chi connectivity index (χ0n) is 14.9. The molecule has 0 spiro atoms. The number of ether oxygens (including phenoxy) is 1. The Hall–Kier alpha value is -2.60. The van der Waals surface area contributed by atoms with E-state index in [1.54, 1.807) is 0 Å². The number of nitrogens with one attached hydrogen (secondary N) is 1. The molecule has 26 heavy (non-hydrogen) atoms. The van der Waals surface area contributed by atoms with Gasteiger partial charge in [0.05, 0.1) is 15.6 Å². The number of nitro benzene ring substituents is 1. The first-order valence-electron chi connectivity index (χ1n) is 8.20. The Morgan fingerprint density at radius 2 is 1.88 bits per heavy atom. The second kappa shape index (κ2) is 8.19. The lowest BCUT2D eigenvalue weighted by Gasteiger charge is -2.23. The number of nitro groups is 1. The van der Waals surface area contributed by atoms with Crippen molar-refractivity contribution in [3.05, 3.63) is 63.2 Å². The van der Waals surface area contributed by atoms with Crippen LogP contribution in [-0.2, 0) is 10.2 Å². The highest BCUT2D eigenvalue weighted by molar-refractivity contribution is 6.33. The Labute approximate surface area is 157 Å². The van der Waals surface area contributed by atoms with Crippen LogP contribution in [0.4, 0.5) is 11.4 Å². The van der Waals surface area contributed by atoms with Gasteiger partial charge < -0.3 is 10.1 Å². The first-order chi connectivity index (χ1) is 12.2. The maximum Gasteiger partial charge on any atom is 0.271 e. The number of hydrogen-bond donors (Lipinski definition) is 1. The first kappa shape index (κ1) is 19.7. The molecule has 0 aliphatic rings. The molecular formula is C19H21ClN2O4. The molecule has 0 aliphatic carbocycles. The number of carbonyl (C=O) groups excluding carboxylic acids is 1. The molecule has 0 aliphatic heterocycles. The summed E-state index contributed by atoms with van der Waals surface area (Å²) in [5.41, 5.74) is 1.30. The summed E-state index contributed by atoms with van der Waals surface area (Å²) in [4.78, 5) is 22.3. The Kier molecular flexibility index (Phi) is 6.21. The Bertz CT molecular complexity index is 804. The average Bonchev–Trinajstić information content (AvgIpc) is 2.62. The van der Waals surface area contributed by atoms with Gasteiger partial charge in [-0.25, -0.2) is 0 Å². The van der Waals surface area contributed by atoms with Crippen molar-refractivity contribution in [3.63, 3.8) is 0 Å². The number of anilines is 1. The van der Waals surface area contributed by atoms with Gasteiger partial charge in [0, 0.05) is 12.1 Å². The van der Waals surface area contributed by atoms with E-state index in [-0.39, 0.29) is 28.4 Å². The van der Waals surface area contributed by atoms with Gasteiger partial charge in [-0.05, 0) is 35.6 Å². The van der Waals surface area contributed by atoms with Crippen molar-refractivity contribution in [2.24, 2.45) is 0 Å². The minimum atomic E-state index is -0.554. The number of hydrogen-bond acceptors (Lipinski definition) is 4. The third-order valence-electron chi connectivity index (χ3n) is 4.32. The summed E-state index contributed by atoms with van der Waals surface area (Å²) in [7, 11) is 0. The second-order valence-electron chi connectivity index (χ2n) is 6.52. The molecule has 1 N–H and O–H groups in total. The van der Waals surface area contributed by atoms with E-state index in [9.17, 15) is 14.9 Å². The van der Waals surface area contributed by atoms with Crippen molar-refractivity contribution in [1.82, 2.24) is 0 Å². The average molecular weight is 377 g/mol. The standard InChI is InChI=1S/C19H21ClN2O4/c1-4-19(2,3)13-5-8-15(9-6-13)26-12-18(23)21-17-11-14(22(24)25)7-10-16(17)20/h5-11H,4,12H2,1-3H3,(H,21,23). The molecule has 2 rings (SSSR count). The minimum Gasteiger partial charge on any atom is -0.484 e. The number of halogens is 1. The summed E-state index contributed by atoms with van der Waals surface area (Å²) < 4.78 is 5.47. The molecule has 7 heteroatoms. The lowest BCUT2D eigenvalue weighted by atomic mass is 9.82. The number of amides is 1. The lowest BCUT2D eigenvalue weighted by molar-refractivity contribution is -0.384. The summed E-state index contributed by atoms with van der Waals surface area (Å²) in [5, 5.41) is 13.5. The maximum atomic E-state index is 12.0. The highest BCUT2D eigenvalue weighted by atomic mass is 35.5. The van der Waals surface area contributed by atoms with E-state index >= 15 is 0 Å². The zero-order valence-corrected chi connectivity index (χ0v) is 15.7. The summed E-state index contributed by atoms with van der Waals surface area (Å²) in [5.74, 6) is 0.117. The van der Waals surface area contributed by atoms with Crippen molar-refractivity contribution in [1.29, 1.82) is 0 Å². The van der Waals surface area contributed by atoms with Gasteiger partial charge >= 0.3 is 0 Å². The predicted molar refractivity (Wildman–Crippen MR) is 102 cm³/mol. The van der Waals surface area contributed by atoms with Crippen LogP contribution in [0.15, 0.2) is 42.5 Å². The molecule has 0 aromatic heterocycles. The van der Waals surface area contributed by atoms with Gasteiger partial charge in [0.2, 0.25) is 0 Å². The Balaban J connectivity index is 1.97. The molecule has 2 aromatic rings. The molecule has 138 valence electrons. The molecule has 2 aromatic carbocycles. The second-order valence-corrected chi connectivity index (χ2v) is 6.93. The molecule has 1 amide bonds. The largest absolute Gasteiger partial charge is 0.484 e. The molecule has 0 fully saturated rings. The number of benzene rings is 2. The van der Waals surface area contributed by atoms with Gasteiger partial charge in [-0.15, -0.1) is 0 Å². The number of nitrogens with zero attached hydrogens (tertiary/aromatic N) is 1. The molecule has 0 heterocycles. The van der Waals surface area contributed by atoms with Crippen molar-refractivity contribution in [2.45, 2.75) is 32.6 Å². The van der Waals surface area contributed by atoms with Crippen molar-refractivity contribution in [3.8, 4) is 5.75 Å². The van der Waals surface area contributed by atoms with E-state index in [0.29, 0.717) is 5.75 Å². The van der Waals surface area contributed by atoms with E-state index in [2.05, 4.69) is 26.1 Å². The molecule has 0 atom stereocenters. The van der Waals surface area contributed by atoms with E-state index in [4.69, 9.17) is 16.3 Å². The Morgan fingerprint density at radius 3 is 2.46 bits per heavy atom. The third kappa shape index (κ3) is 4.95. The van der Waals surface area contributed by atoms with E-state index in [1.807, 2.05) is 24.3 Å². The van der Waals surface area contributed by atoms with Crippen LogP contribution >= 0.6 is 11.6 Å². The number of non-ortho nitro benzene ring substituents is 1. The van der Waals surface area contributed by atoms with Crippen LogP contribution in [0.3, 0.4) is 0 Å². The lowest BCUT2D eigenvalue weighted by Crippen LogP contribution is -2.20. The fourth-order valence-electron chi connectivity index (χ4n) is 2.26. The SMILES string of the molecule is CCC(C)(C)c1ccc(OCC(=O)Nc2cc([N+](=O)[O-])ccc2Cl)cc1. The topological polar surface area (TPSA) is 81.5 Å². The van der Waals surface area contributed by atoms with Crippen LogP contribution in [0, 0.1) is 10.1 Å². The van der Waals surface area contributed by atoms with Crippen molar-refractivity contribution >= 4 is 28.9 Å². The summed E-state index contributed by atoms with van der Waals surface area (Å²) >= 11 is 5.96. The molecule has 6 nitrogen and oxygen atoms in total. The van der Waals surface area contributed by atoms with Crippen molar-refractivity contribution < 1.29 is 14.5 Å². The molecule has 0 unspecified atom stereocenters. The van der Waals surface area contributed by atoms with E-state index in [1.165, 1.54) is 23.8 Å². The molecule has 0 saturated heterocycles. The fraction of sp³-hybridized carbons (Fsp3) is 0.316.